The van der Waals surface area contributed by atoms with E-state index < -0.39 is 0 Å². The zero-order valence-corrected chi connectivity index (χ0v) is 12.9. The number of halogens is 1. The van der Waals surface area contributed by atoms with Gasteiger partial charge in [-0.1, -0.05) is 0 Å². The molecule has 1 heterocycles. The number of carbonyl (C=O) groups is 1. The molecule has 0 saturated heterocycles. The summed E-state index contributed by atoms with van der Waals surface area (Å²) in [5.41, 5.74) is 1.41. The van der Waals surface area contributed by atoms with Crippen LogP contribution in [0.25, 0.3) is 0 Å². The van der Waals surface area contributed by atoms with Crippen LogP contribution in [0.4, 0.5) is 0 Å². The highest BCUT2D eigenvalue weighted by molar-refractivity contribution is 14.1. The molecule has 3 nitrogen and oxygen atoms in total. The average Bonchev–Trinajstić information content (AvgIpc) is 2.67. The van der Waals surface area contributed by atoms with E-state index in [0.29, 0.717) is 19.1 Å². The summed E-state index contributed by atoms with van der Waals surface area (Å²) in [5.74, 6) is 0.0875. The molecule has 1 aromatic rings. The SMILES string of the molecule is CCNC(=O)CNC1CCCc2sc(I)cc21. The first kappa shape index (κ1) is 13.3. The number of hydrogen-bond donors (Lipinski definition) is 2. The Kier molecular flexibility index (Phi) is 4.81. The van der Waals surface area contributed by atoms with E-state index in [-0.39, 0.29) is 5.91 Å². The number of hydrogen-bond acceptors (Lipinski definition) is 3. The predicted octanol–water partition coefficient (Wildman–Crippen LogP) is 2.46. The molecule has 0 fully saturated rings. The van der Waals surface area contributed by atoms with Crippen molar-refractivity contribution in [3.05, 3.63) is 19.4 Å². The van der Waals surface area contributed by atoms with Crippen LogP contribution in [-0.2, 0) is 11.2 Å². The summed E-state index contributed by atoms with van der Waals surface area (Å²) in [7, 11) is 0. The molecule has 0 bridgehead atoms. The Morgan fingerprint density at radius 1 is 1.65 bits per heavy atom. The second-order valence-electron chi connectivity index (χ2n) is 4.21. The van der Waals surface area contributed by atoms with Crippen LogP contribution in [-0.4, -0.2) is 19.0 Å². The topological polar surface area (TPSA) is 41.1 Å². The largest absolute Gasteiger partial charge is 0.355 e. The Morgan fingerprint density at radius 3 is 3.24 bits per heavy atom. The van der Waals surface area contributed by atoms with Crippen LogP contribution in [0.2, 0.25) is 0 Å². The van der Waals surface area contributed by atoms with E-state index >= 15 is 0 Å². The number of aryl methyl sites for hydroxylation is 1. The van der Waals surface area contributed by atoms with Crippen molar-refractivity contribution in [1.29, 1.82) is 0 Å². The highest BCUT2D eigenvalue weighted by Gasteiger charge is 2.22. The van der Waals surface area contributed by atoms with Crippen LogP contribution in [0.1, 0.15) is 36.2 Å². The molecule has 17 heavy (non-hydrogen) atoms. The second kappa shape index (κ2) is 6.15. The third-order valence-electron chi connectivity index (χ3n) is 2.97. The van der Waals surface area contributed by atoms with E-state index in [1.807, 2.05) is 18.3 Å². The van der Waals surface area contributed by atoms with Gasteiger partial charge in [0.25, 0.3) is 0 Å². The third kappa shape index (κ3) is 3.42. The van der Waals surface area contributed by atoms with Crippen LogP contribution >= 0.6 is 33.9 Å². The van der Waals surface area contributed by atoms with Crippen molar-refractivity contribution in [2.45, 2.75) is 32.2 Å². The Bertz CT molecular complexity index is 405. The number of thiophene rings is 1. The monoisotopic (exact) mass is 364 g/mol. The molecule has 1 aliphatic rings. The number of rotatable bonds is 4. The van der Waals surface area contributed by atoms with Gasteiger partial charge in [-0.2, -0.15) is 0 Å². The van der Waals surface area contributed by atoms with Crippen molar-refractivity contribution in [3.8, 4) is 0 Å². The van der Waals surface area contributed by atoms with Crippen molar-refractivity contribution in [2.75, 3.05) is 13.1 Å². The molecule has 0 aliphatic heterocycles. The first-order valence-electron chi connectivity index (χ1n) is 5.99. The van der Waals surface area contributed by atoms with Gasteiger partial charge in [0.1, 0.15) is 0 Å². The number of fused-ring (bicyclic) bond motifs is 1. The maximum Gasteiger partial charge on any atom is 0.233 e. The minimum Gasteiger partial charge on any atom is -0.355 e. The fourth-order valence-corrected chi connectivity index (χ4v) is 4.33. The standard InChI is InChI=1S/C12H17IN2OS/c1-2-14-12(16)7-15-9-4-3-5-10-8(9)6-11(13)17-10/h6,9,15H,2-5,7H2,1H3,(H,14,16). The highest BCUT2D eigenvalue weighted by atomic mass is 127. The van der Waals surface area contributed by atoms with Gasteiger partial charge in [0.15, 0.2) is 0 Å². The molecule has 0 saturated carbocycles. The molecule has 1 unspecified atom stereocenters. The molecule has 1 aromatic heterocycles. The Labute approximate surface area is 120 Å². The smallest absolute Gasteiger partial charge is 0.233 e. The quantitative estimate of drug-likeness (QED) is 0.806. The molecule has 94 valence electrons. The Morgan fingerprint density at radius 2 is 2.47 bits per heavy atom. The first-order valence-corrected chi connectivity index (χ1v) is 7.88. The summed E-state index contributed by atoms with van der Waals surface area (Å²) in [6.07, 6.45) is 3.55. The lowest BCUT2D eigenvalue weighted by atomic mass is 9.94. The number of likely N-dealkylation sites (N-methyl/N-ethyl adjacent to an activating group) is 1. The molecule has 2 N–H and O–H groups in total. The molecule has 1 aliphatic carbocycles. The number of carbonyl (C=O) groups excluding carboxylic acids is 1. The molecule has 5 heteroatoms. The van der Waals surface area contributed by atoms with Crippen molar-refractivity contribution in [2.24, 2.45) is 0 Å². The van der Waals surface area contributed by atoms with E-state index in [1.54, 1.807) is 0 Å². The van der Waals surface area contributed by atoms with E-state index in [9.17, 15) is 4.79 Å². The zero-order chi connectivity index (χ0) is 12.3. The van der Waals surface area contributed by atoms with E-state index in [0.717, 1.165) is 6.42 Å². The fourth-order valence-electron chi connectivity index (χ4n) is 2.21. The molecule has 0 spiro atoms. The average molecular weight is 364 g/mol. The van der Waals surface area contributed by atoms with Gasteiger partial charge in [-0.15, -0.1) is 11.3 Å². The van der Waals surface area contributed by atoms with E-state index in [4.69, 9.17) is 0 Å². The second-order valence-corrected chi connectivity index (χ2v) is 7.24. The van der Waals surface area contributed by atoms with Crippen LogP contribution in [0.5, 0.6) is 0 Å². The van der Waals surface area contributed by atoms with E-state index in [1.165, 1.54) is 26.2 Å². The van der Waals surface area contributed by atoms with Gasteiger partial charge in [0.2, 0.25) is 5.91 Å². The van der Waals surface area contributed by atoms with Crippen molar-refractivity contribution in [1.82, 2.24) is 10.6 Å². The molecular weight excluding hydrogens is 347 g/mol. The highest BCUT2D eigenvalue weighted by Crippen LogP contribution is 2.36. The van der Waals surface area contributed by atoms with Gasteiger partial charge in [-0.3, -0.25) is 4.79 Å². The normalized spacial score (nSPS) is 18.8. The molecule has 2 rings (SSSR count). The van der Waals surface area contributed by atoms with Crippen LogP contribution < -0.4 is 10.6 Å². The Hall–Kier alpha value is -0.140. The first-order chi connectivity index (χ1) is 8.20. The molecule has 1 amide bonds. The minimum atomic E-state index is 0.0875. The van der Waals surface area contributed by atoms with E-state index in [2.05, 4.69) is 39.3 Å². The van der Waals surface area contributed by atoms with Gasteiger partial charge in [-0.25, -0.2) is 0 Å². The number of amides is 1. The number of nitrogens with one attached hydrogen (secondary N) is 2. The lowest BCUT2D eigenvalue weighted by molar-refractivity contribution is -0.120. The summed E-state index contributed by atoms with van der Waals surface area (Å²) in [5, 5.41) is 6.18. The molecule has 1 atom stereocenters. The third-order valence-corrected chi connectivity index (χ3v) is 4.94. The van der Waals surface area contributed by atoms with Gasteiger partial charge < -0.3 is 10.6 Å². The van der Waals surface area contributed by atoms with Crippen molar-refractivity contribution >= 4 is 39.8 Å². The van der Waals surface area contributed by atoms with Gasteiger partial charge in [-0.05, 0) is 60.4 Å². The van der Waals surface area contributed by atoms with Gasteiger partial charge in [0, 0.05) is 17.5 Å². The van der Waals surface area contributed by atoms with Crippen LogP contribution in [0.3, 0.4) is 0 Å². The summed E-state index contributed by atoms with van der Waals surface area (Å²) >= 11 is 4.26. The minimum absolute atomic E-state index is 0.0875. The van der Waals surface area contributed by atoms with Crippen molar-refractivity contribution in [3.63, 3.8) is 0 Å². The van der Waals surface area contributed by atoms with Gasteiger partial charge >= 0.3 is 0 Å². The van der Waals surface area contributed by atoms with Gasteiger partial charge in [0.05, 0.1) is 9.43 Å². The zero-order valence-electron chi connectivity index (χ0n) is 9.88. The Balaban J connectivity index is 1.96. The summed E-state index contributed by atoms with van der Waals surface area (Å²) < 4.78 is 1.35. The van der Waals surface area contributed by atoms with Crippen LogP contribution in [0.15, 0.2) is 6.07 Å². The van der Waals surface area contributed by atoms with Crippen molar-refractivity contribution < 1.29 is 4.79 Å². The maximum atomic E-state index is 11.4. The lowest BCUT2D eigenvalue weighted by Crippen LogP contribution is -2.36. The summed E-state index contributed by atoms with van der Waals surface area (Å²) in [4.78, 5) is 12.9. The lowest BCUT2D eigenvalue weighted by Gasteiger charge is -2.23. The summed E-state index contributed by atoms with van der Waals surface area (Å²) in [6.45, 7) is 3.06. The molecule has 0 radical (unpaired) electrons. The maximum absolute atomic E-state index is 11.4. The fraction of sp³-hybridized carbons (Fsp3) is 0.583. The van der Waals surface area contributed by atoms with Crippen LogP contribution in [0, 0.1) is 2.88 Å². The molecular formula is C12H17IN2OS. The molecule has 0 aromatic carbocycles. The summed E-state index contributed by atoms with van der Waals surface area (Å²) in [6, 6.07) is 2.62. The predicted molar refractivity (Wildman–Crippen MR) is 79.4 cm³/mol.